The van der Waals surface area contributed by atoms with E-state index >= 15 is 0 Å². The van der Waals surface area contributed by atoms with E-state index in [0.29, 0.717) is 0 Å². The number of nitrogens with zero attached hydrogens (tertiary/aromatic N) is 2. The lowest BCUT2D eigenvalue weighted by Gasteiger charge is -2.06. The maximum Gasteiger partial charge on any atom is 0.145 e. The van der Waals surface area contributed by atoms with Crippen LogP contribution in [0.4, 0.5) is 0 Å². The van der Waals surface area contributed by atoms with Gasteiger partial charge in [0.2, 0.25) is 0 Å². The van der Waals surface area contributed by atoms with Gasteiger partial charge in [0.25, 0.3) is 0 Å². The highest BCUT2D eigenvalue weighted by molar-refractivity contribution is 5.29. The Morgan fingerprint density at radius 1 is 1.25 bits per heavy atom. The number of pyridine rings is 2. The number of hydrogen-bond donors (Lipinski definition) is 1. The molecule has 82 valence electrons. The molecule has 0 saturated heterocycles. The first-order valence-corrected chi connectivity index (χ1v) is 5.06. The summed E-state index contributed by atoms with van der Waals surface area (Å²) in [6.07, 6.45) is 5.13. The van der Waals surface area contributed by atoms with Crippen molar-refractivity contribution in [2.24, 2.45) is 0 Å². The zero-order valence-electron chi connectivity index (χ0n) is 9.05. The number of nitrogens with one attached hydrogen (secondary N) is 1. The number of aromatic nitrogens is 2. The van der Waals surface area contributed by atoms with E-state index in [2.05, 4.69) is 15.3 Å². The summed E-state index contributed by atoms with van der Waals surface area (Å²) in [7, 11) is 1.89. The minimum absolute atomic E-state index is 0.726. The molecule has 2 rings (SSSR count). The molecule has 0 saturated carbocycles. The second-order valence-electron chi connectivity index (χ2n) is 3.30. The maximum atomic E-state index is 5.64. The Kier molecular flexibility index (Phi) is 3.46. The van der Waals surface area contributed by atoms with Gasteiger partial charge in [-0.1, -0.05) is 0 Å². The normalized spacial score (nSPS) is 10.1. The predicted octanol–water partition coefficient (Wildman–Crippen LogP) is 1.99. The van der Waals surface area contributed by atoms with Crippen LogP contribution in [0.5, 0.6) is 11.5 Å². The highest BCUT2D eigenvalue weighted by Crippen LogP contribution is 2.19. The smallest absolute Gasteiger partial charge is 0.145 e. The molecular weight excluding hydrogens is 202 g/mol. The Morgan fingerprint density at radius 3 is 2.94 bits per heavy atom. The quantitative estimate of drug-likeness (QED) is 0.847. The highest BCUT2D eigenvalue weighted by Gasteiger charge is 1.99. The van der Waals surface area contributed by atoms with E-state index in [9.17, 15) is 0 Å². The fourth-order valence-corrected chi connectivity index (χ4v) is 1.34. The molecule has 2 aromatic heterocycles. The van der Waals surface area contributed by atoms with E-state index < -0.39 is 0 Å². The molecule has 0 unspecified atom stereocenters. The average Bonchev–Trinajstić information content (AvgIpc) is 2.31. The highest BCUT2D eigenvalue weighted by atomic mass is 16.5. The summed E-state index contributed by atoms with van der Waals surface area (Å²) < 4.78 is 5.64. The van der Waals surface area contributed by atoms with Gasteiger partial charge in [-0.25, -0.2) is 0 Å². The third-order valence-corrected chi connectivity index (χ3v) is 2.02. The van der Waals surface area contributed by atoms with Gasteiger partial charge in [0.05, 0.1) is 11.9 Å². The Hall–Kier alpha value is -1.94. The SMILES string of the molecule is CNCc1cc(Oc2cccnc2)ccn1. The summed E-state index contributed by atoms with van der Waals surface area (Å²) in [5.74, 6) is 1.50. The van der Waals surface area contributed by atoms with Crippen molar-refractivity contribution in [2.45, 2.75) is 6.54 Å². The van der Waals surface area contributed by atoms with E-state index in [1.165, 1.54) is 0 Å². The summed E-state index contributed by atoms with van der Waals surface area (Å²) in [5.41, 5.74) is 0.948. The van der Waals surface area contributed by atoms with Crippen molar-refractivity contribution in [3.63, 3.8) is 0 Å². The van der Waals surface area contributed by atoms with Gasteiger partial charge in [-0.3, -0.25) is 9.97 Å². The first kappa shape index (κ1) is 10.6. The number of hydrogen-bond acceptors (Lipinski definition) is 4. The van der Waals surface area contributed by atoms with Crippen LogP contribution in [0.25, 0.3) is 0 Å². The van der Waals surface area contributed by atoms with Crippen molar-refractivity contribution < 1.29 is 4.74 Å². The Bertz CT molecular complexity index is 445. The van der Waals surface area contributed by atoms with Gasteiger partial charge in [-0.15, -0.1) is 0 Å². The minimum Gasteiger partial charge on any atom is -0.456 e. The molecule has 2 aromatic rings. The molecule has 0 radical (unpaired) electrons. The van der Waals surface area contributed by atoms with Gasteiger partial charge < -0.3 is 10.1 Å². The third-order valence-electron chi connectivity index (χ3n) is 2.02. The molecule has 0 aliphatic heterocycles. The summed E-state index contributed by atoms with van der Waals surface area (Å²) in [6.45, 7) is 0.726. The summed E-state index contributed by atoms with van der Waals surface area (Å²) in [4.78, 5) is 8.20. The molecular formula is C12H13N3O. The first-order valence-electron chi connectivity index (χ1n) is 5.06. The molecule has 0 bridgehead atoms. The summed E-state index contributed by atoms with van der Waals surface area (Å²) in [5, 5.41) is 3.04. The molecule has 0 fully saturated rings. The molecule has 0 spiro atoms. The fourth-order valence-electron chi connectivity index (χ4n) is 1.34. The minimum atomic E-state index is 0.726. The Morgan fingerprint density at radius 2 is 2.19 bits per heavy atom. The van der Waals surface area contributed by atoms with Gasteiger partial charge in [-0.05, 0) is 25.2 Å². The second-order valence-corrected chi connectivity index (χ2v) is 3.30. The largest absolute Gasteiger partial charge is 0.456 e. The zero-order valence-corrected chi connectivity index (χ0v) is 9.05. The number of ether oxygens (including phenoxy) is 1. The lowest BCUT2D eigenvalue weighted by atomic mass is 10.3. The summed E-state index contributed by atoms with van der Waals surface area (Å²) >= 11 is 0. The van der Waals surface area contributed by atoms with Crippen LogP contribution in [-0.2, 0) is 6.54 Å². The average molecular weight is 215 g/mol. The number of rotatable bonds is 4. The van der Waals surface area contributed by atoms with Gasteiger partial charge >= 0.3 is 0 Å². The molecule has 4 heteroatoms. The van der Waals surface area contributed by atoms with Crippen molar-refractivity contribution in [2.75, 3.05) is 7.05 Å². The molecule has 4 nitrogen and oxygen atoms in total. The van der Waals surface area contributed by atoms with Crippen molar-refractivity contribution in [3.8, 4) is 11.5 Å². The van der Waals surface area contributed by atoms with Crippen LogP contribution in [0.3, 0.4) is 0 Å². The Balaban J connectivity index is 2.12. The van der Waals surface area contributed by atoms with Crippen molar-refractivity contribution in [3.05, 3.63) is 48.5 Å². The van der Waals surface area contributed by atoms with Crippen LogP contribution in [0, 0.1) is 0 Å². The monoisotopic (exact) mass is 215 g/mol. The maximum absolute atomic E-state index is 5.64. The first-order chi connectivity index (χ1) is 7.88. The molecule has 1 N–H and O–H groups in total. The lowest BCUT2D eigenvalue weighted by Crippen LogP contribution is -2.06. The fraction of sp³-hybridized carbons (Fsp3) is 0.167. The molecule has 0 aromatic carbocycles. The standard InChI is InChI=1S/C12H13N3O/c1-13-8-10-7-11(4-6-15-10)16-12-3-2-5-14-9-12/h2-7,9,13H,8H2,1H3. The third kappa shape index (κ3) is 2.77. The molecule has 0 atom stereocenters. The van der Waals surface area contributed by atoms with Crippen LogP contribution in [0.2, 0.25) is 0 Å². The topological polar surface area (TPSA) is 47.0 Å². The van der Waals surface area contributed by atoms with Crippen LogP contribution < -0.4 is 10.1 Å². The lowest BCUT2D eigenvalue weighted by molar-refractivity contribution is 0.478. The van der Waals surface area contributed by atoms with Crippen molar-refractivity contribution in [1.29, 1.82) is 0 Å². The van der Waals surface area contributed by atoms with E-state index in [4.69, 9.17) is 4.74 Å². The van der Waals surface area contributed by atoms with Crippen LogP contribution >= 0.6 is 0 Å². The van der Waals surface area contributed by atoms with E-state index in [1.54, 1.807) is 18.6 Å². The van der Waals surface area contributed by atoms with E-state index in [0.717, 1.165) is 23.7 Å². The van der Waals surface area contributed by atoms with E-state index in [1.807, 2.05) is 31.3 Å². The molecule has 0 aliphatic carbocycles. The van der Waals surface area contributed by atoms with Crippen molar-refractivity contribution in [1.82, 2.24) is 15.3 Å². The van der Waals surface area contributed by atoms with Gasteiger partial charge in [0.15, 0.2) is 0 Å². The molecule has 0 aliphatic rings. The summed E-state index contributed by atoms with van der Waals surface area (Å²) in [6, 6.07) is 7.44. The molecule has 0 amide bonds. The van der Waals surface area contributed by atoms with E-state index in [-0.39, 0.29) is 0 Å². The van der Waals surface area contributed by atoms with Crippen LogP contribution in [0.15, 0.2) is 42.9 Å². The van der Waals surface area contributed by atoms with Crippen LogP contribution in [0.1, 0.15) is 5.69 Å². The van der Waals surface area contributed by atoms with Gasteiger partial charge in [0, 0.05) is 25.0 Å². The Labute approximate surface area is 94.3 Å². The van der Waals surface area contributed by atoms with Crippen molar-refractivity contribution >= 4 is 0 Å². The van der Waals surface area contributed by atoms with Gasteiger partial charge in [0.1, 0.15) is 11.5 Å². The van der Waals surface area contributed by atoms with Crippen LogP contribution in [-0.4, -0.2) is 17.0 Å². The van der Waals surface area contributed by atoms with Gasteiger partial charge in [-0.2, -0.15) is 0 Å². The predicted molar refractivity (Wildman–Crippen MR) is 61.3 cm³/mol. The zero-order chi connectivity index (χ0) is 11.2. The molecule has 16 heavy (non-hydrogen) atoms. The second kappa shape index (κ2) is 5.23. The molecule has 2 heterocycles.